The van der Waals surface area contributed by atoms with Gasteiger partial charge in [0.05, 0.1) is 0 Å². The Hall–Kier alpha value is -2.70. The second-order valence-electron chi connectivity index (χ2n) is 10.3. The summed E-state index contributed by atoms with van der Waals surface area (Å²) in [6.07, 6.45) is 9.12. The standard InChI is InChI=1S/C26H34N2O5/c1-2-3-23(30)28-21-6-4-20(5-7-21)22(29)16-33-25(32)15-27-24(31)14-26-11-17-8-18(12-26)10-19(9-17)13-26/h4-7,17-19H,2-3,8-16H2,1H3,(H,27,31)(H,28,30). The van der Waals surface area contributed by atoms with Gasteiger partial charge in [-0.1, -0.05) is 6.92 Å². The maximum atomic E-state index is 12.5. The van der Waals surface area contributed by atoms with Gasteiger partial charge in [0.2, 0.25) is 11.8 Å². The Kier molecular flexibility index (Phi) is 7.15. The van der Waals surface area contributed by atoms with Crippen LogP contribution in [0.4, 0.5) is 5.69 Å². The molecular formula is C26H34N2O5. The molecule has 5 rings (SSSR count). The zero-order valence-corrected chi connectivity index (χ0v) is 19.4. The van der Waals surface area contributed by atoms with E-state index in [1.807, 2.05) is 6.92 Å². The average molecular weight is 455 g/mol. The van der Waals surface area contributed by atoms with Crippen LogP contribution in [-0.4, -0.2) is 36.7 Å². The number of ether oxygens (including phenoxy) is 1. The van der Waals surface area contributed by atoms with Crippen molar-refractivity contribution in [3.05, 3.63) is 29.8 Å². The second-order valence-corrected chi connectivity index (χ2v) is 10.3. The molecule has 0 aliphatic heterocycles. The van der Waals surface area contributed by atoms with Crippen LogP contribution in [0.3, 0.4) is 0 Å². The number of nitrogens with one attached hydrogen (secondary N) is 2. The number of anilines is 1. The van der Waals surface area contributed by atoms with E-state index in [0.717, 1.165) is 43.4 Å². The molecule has 0 aromatic heterocycles. The van der Waals surface area contributed by atoms with Gasteiger partial charge in [-0.2, -0.15) is 0 Å². The fourth-order valence-electron chi connectivity index (χ4n) is 6.55. The van der Waals surface area contributed by atoms with E-state index in [1.165, 1.54) is 19.3 Å². The highest BCUT2D eigenvalue weighted by Gasteiger charge is 2.51. The van der Waals surface area contributed by atoms with Crippen molar-refractivity contribution in [3.63, 3.8) is 0 Å². The summed E-state index contributed by atoms with van der Waals surface area (Å²) in [5, 5.41) is 5.45. The summed E-state index contributed by atoms with van der Waals surface area (Å²) in [7, 11) is 0. The molecule has 4 fully saturated rings. The van der Waals surface area contributed by atoms with E-state index in [4.69, 9.17) is 4.74 Å². The summed E-state index contributed by atoms with van der Waals surface area (Å²) in [4.78, 5) is 48.5. The predicted octanol–water partition coefficient (Wildman–Crippen LogP) is 3.87. The molecule has 33 heavy (non-hydrogen) atoms. The smallest absolute Gasteiger partial charge is 0.325 e. The number of carbonyl (C=O) groups excluding carboxylic acids is 4. The third-order valence-electron chi connectivity index (χ3n) is 7.46. The monoisotopic (exact) mass is 454 g/mol. The Bertz CT molecular complexity index is 872. The molecule has 4 aliphatic rings. The van der Waals surface area contributed by atoms with E-state index >= 15 is 0 Å². The maximum Gasteiger partial charge on any atom is 0.325 e. The fraction of sp³-hybridized carbons (Fsp3) is 0.615. The van der Waals surface area contributed by atoms with Crippen LogP contribution in [0.1, 0.15) is 75.1 Å². The lowest BCUT2D eigenvalue weighted by Crippen LogP contribution is -2.48. The molecule has 2 N–H and O–H groups in total. The van der Waals surface area contributed by atoms with Gasteiger partial charge < -0.3 is 15.4 Å². The minimum absolute atomic E-state index is 0.0734. The molecule has 2 amide bonds. The summed E-state index contributed by atoms with van der Waals surface area (Å²) in [5.74, 6) is 1.21. The van der Waals surface area contributed by atoms with Gasteiger partial charge in [-0.15, -0.1) is 0 Å². The van der Waals surface area contributed by atoms with Gasteiger partial charge in [-0.05, 0) is 92.4 Å². The van der Waals surface area contributed by atoms with Gasteiger partial charge >= 0.3 is 5.97 Å². The number of benzene rings is 1. The van der Waals surface area contributed by atoms with Crippen molar-refractivity contribution in [3.8, 4) is 0 Å². The number of amides is 2. The van der Waals surface area contributed by atoms with Crippen molar-refractivity contribution in [2.24, 2.45) is 23.2 Å². The van der Waals surface area contributed by atoms with Crippen LogP contribution in [0.25, 0.3) is 0 Å². The van der Waals surface area contributed by atoms with E-state index in [-0.39, 0.29) is 36.2 Å². The molecule has 1 aromatic rings. The molecule has 0 spiro atoms. The maximum absolute atomic E-state index is 12.5. The zero-order valence-electron chi connectivity index (χ0n) is 19.4. The highest BCUT2D eigenvalue weighted by molar-refractivity contribution is 5.99. The largest absolute Gasteiger partial charge is 0.456 e. The van der Waals surface area contributed by atoms with Gasteiger partial charge in [-0.25, -0.2) is 0 Å². The van der Waals surface area contributed by atoms with Crippen LogP contribution in [0.5, 0.6) is 0 Å². The Morgan fingerprint density at radius 2 is 1.55 bits per heavy atom. The molecule has 4 aliphatic carbocycles. The Morgan fingerprint density at radius 1 is 0.939 bits per heavy atom. The lowest BCUT2D eigenvalue weighted by atomic mass is 9.49. The number of hydrogen-bond donors (Lipinski definition) is 2. The van der Waals surface area contributed by atoms with Gasteiger partial charge in [0.25, 0.3) is 0 Å². The SMILES string of the molecule is CCCC(=O)Nc1ccc(C(=O)COC(=O)CNC(=O)CC23CC4CC(CC(C4)C2)C3)cc1. The summed E-state index contributed by atoms with van der Waals surface area (Å²) in [6.45, 7) is 1.32. The van der Waals surface area contributed by atoms with Crippen molar-refractivity contribution in [2.45, 2.75) is 64.7 Å². The number of carbonyl (C=O) groups is 4. The number of rotatable bonds is 10. The van der Waals surface area contributed by atoms with Gasteiger partial charge in [0.1, 0.15) is 6.54 Å². The Labute approximate surface area is 195 Å². The van der Waals surface area contributed by atoms with Gasteiger partial charge in [0.15, 0.2) is 12.4 Å². The normalized spacial score (nSPS) is 27.1. The molecular weight excluding hydrogens is 420 g/mol. The van der Waals surface area contributed by atoms with E-state index in [1.54, 1.807) is 24.3 Å². The van der Waals surface area contributed by atoms with Crippen LogP contribution in [-0.2, 0) is 19.1 Å². The van der Waals surface area contributed by atoms with Crippen molar-refractivity contribution in [1.82, 2.24) is 5.32 Å². The third-order valence-corrected chi connectivity index (χ3v) is 7.46. The molecule has 4 bridgehead atoms. The first kappa shape index (κ1) is 23.5. The lowest BCUT2D eigenvalue weighted by Gasteiger charge is -2.56. The molecule has 0 saturated heterocycles. The molecule has 0 heterocycles. The molecule has 0 unspecified atom stereocenters. The quantitative estimate of drug-likeness (QED) is 0.413. The van der Waals surface area contributed by atoms with Crippen LogP contribution in [0.15, 0.2) is 24.3 Å². The molecule has 0 radical (unpaired) electrons. The van der Waals surface area contributed by atoms with Crippen LogP contribution in [0.2, 0.25) is 0 Å². The predicted molar refractivity (Wildman–Crippen MR) is 124 cm³/mol. The first-order chi connectivity index (χ1) is 15.8. The molecule has 1 aromatic carbocycles. The van der Waals surface area contributed by atoms with E-state index in [9.17, 15) is 19.2 Å². The average Bonchev–Trinajstić information content (AvgIpc) is 2.75. The van der Waals surface area contributed by atoms with E-state index in [2.05, 4.69) is 10.6 Å². The first-order valence-corrected chi connectivity index (χ1v) is 12.2. The lowest BCUT2D eigenvalue weighted by molar-refractivity contribution is -0.143. The van der Waals surface area contributed by atoms with Crippen molar-refractivity contribution >= 4 is 29.3 Å². The van der Waals surface area contributed by atoms with Gasteiger partial charge in [-0.3, -0.25) is 19.2 Å². The second kappa shape index (κ2) is 10.1. The van der Waals surface area contributed by atoms with Crippen molar-refractivity contribution in [2.75, 3.05) is 18.5 Å². The molecule has 7 nitrogen and oxygen atoms in total. The fourth-order valence-corrected chi connectivity index (χ4v) is 6.55. The first-order valence-electron chi connectivity index (χ1n) is 12.2. The number of Topliss-reactive ketones (excluding diaryl/α,β-unsaturated/α-hetero) is 1. The summed E-state index contributed by atoms with van der Waals surface area (Å²) in [6, 6.07) is 6.47. The number of ketones is 1. The Balaban J connectivity index is 1.17. The number of esters is 1. The molecule has 0 atom stereocenters. The van der Waals surface area contributed by atoms with Crippen LogP contribution < -0.4 is 10.6 Å². The van der Waals surface area contributed by atoms with Crippen molar-refractivity contribution < 1.29 is 23.9 Å². The topological polar surface area (TPSA) is 102 Å². The minimum atomic E-state index is -0.620. The van der Waals surface area contributed by atoms with Crippen LogP contribution >= 0.6 is 0 Å². The zero-order chi connectivity index (χ0) is 23.4. The molecule has 178 valence electrons. The van der Waals surface area contributed by atoms with Crippen molar-refractivity contribution in [1.29, 1.82) is 0 Å². The molecule has 7 heteroatoms. The highest BCUT2D eigenvalue weighted by atomic mass is 16.5. The summed E-state index contributed by atoms with van der Waals surface area (Å²) >= 11 is 0. The number of hydrogen-bond acceptors (Lipinski definition) is 5. The highest BCUT2D eigenvalue weighted by Crippen LogP contribution is 2.61. The third kappa shape index (κ3) is 6.01. The Morgan fingerprint density at radius 3 is 2.12 bits per heavy atom. The van der Waals surface area contributed by atoms with E-state index < -0.39 is 5.97 Å². The van der Waals surface area contributed by atoms with Gasteiger partial charge in [0, 0.05) is 24.1 Å². The molecule has 4 saturated carbocycles. The summed E-state index contributed by atoms with van der Waals surface area (Å²) in [5.41, 5.74) is 1.13. The van der Waals surface area contributed by atoms with Crippen LogP contribution in [0, 0.1) is 23.2 Å². The summed E-state index contributed by atoms with van der Waals surface area (Å²) < 4.78 is 5.06. The van der Waals surface area contributed by atoms with E-state index in [0.29, 0.717) is 24.1 Å². The minimum Gasteiger partial charge on any atom is -0.456 e.